The van der Waals surface area contributed by atoms with Crippen molar-refractivity contribution < 1.29 is 17.9 Å². The third-order valence-corrected chi connectivity index (χ3v) is 8.22. The van der Waals surface area contributed by atoms with Crippen LogP contribution in [0.25, 0.3) is 0 Å². The van der Waals surface area contributed by atoms with Crippen molar-refractivity contribution in [1.82, 2.24) is 0 Å². The molecule has 1 saturated carbocycles. The molecular weight excluding hydrogens is 396 g/mol. The lowest BCUT2D eigenvalue weighted by atomic mass is 10.1. The Labute approximate surface area is 178 Å². The number of rotatable bonds is 9. The Kier molecular flexibility index (Phi) is 5.56. The number of unbranched alkanes of at least 4 members (excludes halogenated alkanes) is 1. The molecule has 1 fully saturated rings. The summed E-state index contributed by atoms with van der Waals surface area (Å²) in [6.45, 7) is 2.06. The molecule has 0 aromatic heterocycles. The highest BCUT2D eigenvalue weighted by Crippen LogP contribution is 2.61. The van der Waals surface area contributed by atoms with E-state index in [1.807, 2.05) is 66.7 Å². The van der Waals surface area contributed by atoms with Gasteiger partial charge in [0.15, 0.2) is 14.6 Å². The first-order valence-corrected chi connectivity index (χ1v) is 11.8. The minimum atomic E-state index is -3.70. The zero-order valence-electron chi connectivity index (χ0n) is 17.0. The van der Waals surface area contributed by atoms with Crippen LogP contribution in [-0.4, -0.2) is 19.0 Å². The molecule has 156 valence electrons. The molecule has 0 saturated heterocycles. The van der Waals surface area contributed by atoms with Crippen LogP contribution in [0.5, 0.6) is 11.5 Å². The molecule has 1 unspecified atom stereocenters. The summed E-state index contributed by atoms with van der Waals surface area (Å²) in [5, 5.41) is 0. The average Bonchev–Trinajstić information content (AvgIpc) is 3.42. The molecule has 0 radical (unpaired) electrons. The first-order valence-electron chi connectivity index (χ1n) is 10.3. The van der Waals surface area contributed by atoms with E-state index in [9.17, 15) is 8.42 Å². The lowest BCUT2D eigenvalue weighted by molar-refractivity contribution is -0.0327. The van der Waals surface area contributed by atoms with Gasteiger partial charge in [-0.3, -0.25) is 0 Å². The fraction of sp³-hybridized carbons (Fsp3) is 0.280. The van der Waals surface area contributed by atoms with Crippen molar-refractivity contribution in [3.63, 3.8) is 0 Å². The standard InChI is InChI=1S/C25H26O4S/c1-2-3-19-24(30(26,27)23-17-11-6-12-18-23)20-25(24,28-21-13-7-4-8-14-21)29-22-15-9-5-10-16-22/h4-18H,2-3,19-20H2,1H3. The van der Waals surface area contributed by atoms with Gasteiger partial charge in [0.1, 0.15) is 11.5 Å². The van der Waals surface area contributed by atoms with Gasteiger partial charge in [-0.2, -0.15) is 0 Å². The molecule has 0 amide bonds. The van der Waals surface area contributed by atoms with Crippen LogP contribution < -0.4 is 9.47 Å². The number of ether oxygens (including phenoxy) is 2. The number of para-hydroxylation sites is 2. The average molecular weight is 423 g/mol. The third kappa shape index (κ3) is 3.58. The number of hydrogen-bond donors (Lipinski definition) is 0. The predicted molar refractivity (Wildman–Crippen MR) is 117 cm³/mol. The van der Waals surface area contributed by atoms with E-state index in [0.717, 1.165) is 12.8 Å². The summed E-state index contributed by atoms with van der Waals surface area (Å²) in [5.74, 6) is -0.0929. The van der Waals surface area contributed by atoms with Crippen molar-refractivity contribution in [1.29, 1.82) is 0 Å². The van der Waals surface area contributed by atoms with E-state index in [1.54, 1.807) is 24.3 Å². The second-order valence-electron chi connectivity index (χ2n) is 7.67. The highest BCUT2D eigenvalue weighted by atomic mass is 32.2. The van der Waals surface area contributed by atoms with Crippen LogP contribution in [0.4, 0.5) is 0 Å². The fourth-order valence-electron chi connectivity index (χ4n) is 3.97. The molecule has 5 heteroatoms. The molecule has 4 nitrogen and oxygen atoms in total. The van der Waals surface area contributed by atoms with Crippen molar-refractivity contribution in [2.24, 2.45) is 0 Å². The topological polar surface area (TPSA) is 52.6 Å². The molecule has 0 N–H and O–H groups in total. The van der Waals surface area contributed by atoms with Crippen LogP contribution >= 0.6 is 0 Å². The maximum atomic E-state index is 13.9. The van der Waals surface area contributed by atoms with E-state index < -0.39 is 20.4 Å². The Morgan fingerprint density at radius 3 is 1.70 bits per heavy atom. The molecule has 0 bridgehead atoms. The Hall–Kier alpha value is -2.79. The number of hydrogen-bond acceptors (Lipinski definition) is 4. The van der Waals surface area contributed by atoms with Crippen molar-refractivity contribution in [2.75, 3.05) is 0 Å². The van der Waals surface area contributed by atoms with E-state index in [1.165, 1.54) is 0 Å². The molecule has 3 aromatic carbocycles. The van der Waals surface area contributed by atoms with E-state index in [-0.39, 0.29) is 6.42 Å². The van der Waals surface area contributed by atoms with Gasteiger partial charge in [0.2, 0.25) is 0 Å². The normalized spacial score (nSPS) is 19.8. The van der Waals surface area contributed by atoms with Crippen molar-refractivity contribution in [2.45, 2.75) is 48.0 Å². The largest absolute Gasteiger partial charge is 0.451 e. The van der Waals surface area contributed by atoms with Crippen LogP contribution in [0.15, 0.2) is 95.9 Å². The van der Waals surface area contributed by atoms with Crippen molar-refractivity contribution in [3.8, 4) is 11.5 Å². The molecule has 30 heavy (non-hydrogen) atoms. The minimum absolute atomic E-state index is 0.279. The van der Waals surface area contributed by atoms with Crippen molar-refractivity contribution in [3.05, 3.63) is 91.0 Å². The quantitative estimate of drug-likeness (QED) is 0.418. The maximum absolute atomic E-state index is 13.9. The summed E-state index contributed by atoms with van der Waals surface area (Å²) in [6, 6.07) is 27.2. The van der Waals surface area contributed by atoms with E-state index in [2.05, 4.69) is 6.92 Å². The maximum Gasteiger partial charge on any atom is 0.273 e. The van der Waals surface area contributed by atoms with Crippen LogP contribution in [0.1, 0.15) is 32.6 Å². The molecule has 0 heterocycles. The molecule has 3 aromatic rings. The van der Waals surface area contributed by atoms with Gasteiger partial charge in [-0.05, 0) is 42.8 Å². The zero-order valence-corrected chi connectivity index (χ0v) is 17.8. The van der Waals surface area contributed by atoms with E-state index >= 15 is 0 Å². The second kappa shape index (κ2) is 8.15. The molecule has 4 rings (SSSR count). The smallest absolute Gasteiger partial charge is 0.273 e. The highest BCUT2D eigenvalue weighted by Gasteiger charge is 2.80. The van der Waals surface area contributed by atoms with Gasteiger partial charge in [-0.1, -0.05) is 74.4 Å². The van der Waals surface area contributed by atoms with Gasteiger partial charge in [0.05, 0.1) is 11.3 Å². The molecular formula is C25H26O4S. The lowest BCUT2D eigenvalue weighted by Crippen LogP contribution is -2.42. The Balaban J connectivity index is 1.80. The van der Waals surface area contributed by atoms with Gasteiger partial charge in [0, 0.05) is 0 Å². The van der Waals surface area contributed by atoms with Gasteiger partial charge in [0.25, 0.3) is 5.79 Å². The van der Waals surface area contributed by atoms with E-state index in [0.29, 0.717) is 22.8 Å². The van der Waals surface area contributed by atoms with Crippen LogP contribution in [0.3, 0.4) is 0 Å². The molecule has 0 aliphatic heterocycles. The summed E-state index contributed by atoms with van der Waals surface area (Å²) in [4.78, 5) is 0.302. The predicted octanol–water partition coefficient (Wildman–Crippen LogP) is 5.65. The summed E-state index contributed by atoms with van der Waals surface area (Å²) in [5.41, 5.74) is 0. The monoisotopic (exact) mass is 422 g/mol. The zero-order chi connectivity index (χ0) is 21.1. The summed E-state index contributed by atoms with van der Waals surface area (Å²) < 4.78 is 39.2. The van der Waals surface area contributed by atoms with Crippen LogP contribution in [-0.2, 0) is 9.84 Å². The summed E-state index contributed by atoms with van der Waals surface area (Å²) in [6.07, 6.45) is 2.41. The summed E-state index contributed by atoms with van der Waals surface area (Å²) in [7, 11) is -3.70. The van der Waals surface area contributed by atoms with E-state index in [4.69, 9.17) is 9.47 Å². The van der Waals surface area contributed by atoms with Crippen LogP contribution in [0.2, 0.25) is 0 Å². The first kappa shape index (κ1) is 20.5. The van der Waals surface area contributed by atoms with Crippen molar-refractivity contribution >= 4 is 9.84 Å². The van der Waals surface area contributed by atoms with Gasteiger partial charge >= 0.3 is 0 Å². The molecule has 0 spiro atoms. The third-order valence-electron chi connectivity index (χ3n) is 5.64. The number of sulfone groups is 1. The van der Waals surface area contributed by atoms with Gasteiger partial charge < -0.3 is 9.47 Å². The first-order chi connectivity index (χ1) is 14.5. The minimum Gasteiger partial charge on any atom is -0.451 e. The Morgan fingerprint density at radius 2 is 1.23 bits per heavy atom. The lowest BCUT2D eigenvalue weighted by Gasteiger charge is -2.27. The fourth-order valence-corrected chi connectivity index (χ4v) is 6.22. The molecule has 1 atom stereocenters. The second-order valence-corrected chi connectivity index (χ2v) is 9.93. The Bertz CT molecular complexity index is 1020. The Morgan fingerprint density at radius 1 is 0.767 bits per heavy atom. The van der Waals surface area contributed by atoms with Gasteiger partial charge in [-0.25, -0.2) is 8.42 Å². The highest BCUT2D eigenvalue weighted by molar-refractivity contribution is 7.93. The molecule has 1 aliphatic carbocycles. The number of benzene rings is 3. The SMILES string of the molecule is CCCCC1(S(=O)(=O)c2ccccc2)CC1(Oc1ccccc1)Oc1ccccc1. The van der Waals surface area contributed by atoms with Gasteiger partial charge in [-0.15, -0.1) is 0 Å². The molecule has 1 aliphatic rings. The van der Waals surface area contributed by atoms with Crippen LogP contribution in [0, 0.1) is 0 Å². The summed E-state index contributed by atoms with van der Waals surface area (Å²) >= 11 is 0.